The van der Waals surface area contributed by atoms with Crippen LogP contribution in [-0.2, 0) is 0 Å². The molecule has 0 unspecified atom stereocenters. The predicted molar refractivity (Wildman–Crippen MR) is 63.5 cm³/mol. The molecule has 2 nitrogen and oxygen atoms in total. The highest BCUT2D eigenvalue weighted by Gasteiger charge is 2.27. The number of alkyl halides is 3. The molecule has 1 rings (SSSR count). The number of hydrogen-bond acceptors (Lipinski definition) is 2. The summed E-state index contributed by atoms with van der Waals surface area (Å²) in [6.07, 6.45) is -4.34. The minimum atomic E-state index is -4.16. The second kappa shape index (κ2) is 5.53. The van der Waals surface area contributed by atoms with Crippen molar-refractivity contribution >= 4 is 27.9 Å². The van der Waals surface area contributed by atoms with E-state index in [4.69, 9.17) is 0 Å². The Balaban J connectivity index is 2.73. The summed E-state index contributed by atoms with van der Waals surface area (Å²) < 4.78 is 36.7. The minimum absolute atomic E-state index is 0.115. The lowest BCUT2D eigenvalue weighted by Gasteiger charge is -2.20. The van der Waals surface area contributed by atoms with Gasteiger partial charge in [-0.15, -0.1) is 0 Å². The maximum Gasteiger partial charge on any atom is 0.390 e. The lowest BCUT2D eigenvalue weighted by atomic mass is 10.2. The highest BCUT2D eigenvalue weighted by molar-refractivity contribution is 9.10. The molecule has 17 heavy (non-hydrogen) atoms. The third-order valence-electron chi connectivity index (χ3n) is 2.28. The molecule has 0 saturated carbocycles. The summed E-state index contributed by atoms with van der Waals surface area (Å²) >= 11 is 3.19. The number of carbonyl (C=O) groups excluding carboxylic acids is 1. The number of nitrogens with zero attached hydrogens (tertiary/aromatic N) is 1. The number of anilines is 1. The van der Waals surface area contributed by atoms with Crippen LogP contribution in [0.1, 0.15) is 16.8 Å². The first-order valence-corrected chi connectivity index (χ1v) is 5.65. The van der Waals surface area contributed by atoms with E-state index < -0.39 is 12.6 Å². The van der Waals surface area contributed by atoms with E-state index in [2.05, 4.69) is 15.9 Å². The fraction of sp³-hybridized carbons (Fsp3) is 0.364. The Hall–Kier alpha value is -1.04. The molecule has 0 radical (unpaired) electrons. The summed E-state index contributed by atoms with van der Waals surface area (Å²) in [6, 6.07) is 4.81. The molecule has 0 saturated heterocycles. The maximum atomic E-state index is 12.0. The van der Waals surface area contributed by atoms with E-state index in [0.29, 0.717) is 22.0 Å². The first-order valence-electron chi connectivity index (χ1n) is 4.86. The number of rotatable bonds is 4. The van der Waals surface area contributed by atoms with Crippen LogP contribution < -0.4 is 4.90 Å². The van der Waals surface area contributed by atoms with Gasteiger partial charge in [-0.25, -0.2) is 0 Å². The topological polar surface area (TPSA) is 20.3 Å². The largest absolute Gasteiger partial charge is 0.390 e. The highest BCUT2D eigenvalue weighted by atomic mass is 79.9. The lowest BCUT2D eigenvalue weighted by Crippen LogP contribution is -2.24. The molecular formula is C11H11BrF3NO. The van der Waals surface area contributed by atoms with Gasteiger partial charge in [0.05, 0.1) is 6.42 Å². The van der Waals surface area contributed by atoms with Crippen LogP contribution in [0.15, 0.2) is 22.7 Å². The van der Waals surface area contributed by atoms with Crippen LogP contribution in [0.4, 0.5) is 18.9 Å². The van der Waals surface area contributed by atoms with Gasteiger partial charge < -0.3 is 4.90 Å². The SMILES string of the molecule is CN(CCC(F)(F)F)c1ccc(C=O)c(Br)c1. The van der Waals surface area contributed by atoms with Crippen molar-refractivity contribution in [2.45, 2.75) is 12.6 Å². The Kier molecular flexibility index (Phi) is 4.56. The molecule has 0 bridgehead atoms. The van der Waals surface area contributed by atoms with Crippen molar-refractivity contribution in [3.05, 3.63) is 28.2 Å². The quantitative estimate of drug-likeness (QED) is 0.791. The molecule has 0 aliphatic carbocycles. The molecule has 0 spiro atoms. The zero-order valence-corrected chi connectivity index (χ0v) is 10.7. The summed E-state index contributed by atoms with van der Waals surface area (Å²) in [5.41, 5.74) is 1.10. The number of carbonyl (C=O) groups is 1. The van der Waals surface area contributed by atoms with Crippen LogP contribution in [-0.4, -0.2) is 26.1 Å². The van der Waals surface area contributed by atoms with Gasteiger partial charge in [0.2, 0.25) is 0 Å². The van der Waals surface area contributed by atoms with E-state index >= 15 is 0 Å². The summed E-state index contributed by atoms with van der Waals surface area (Å²) in [4.78, 5) is 12.1. The molecule has 94 valence electrons. The second-order valence-corrected chi connectivity index (χ2v) is 4.46. The molecule has 0 heterocycles. The van der Waals surface area contributed by atoms with Crippen molar-refractivity contribution in [1.82, 2.24) is 0 Å². The Morgan fingerprint density at radius 2 is 2.06 bits per heavy atom. The zero-order chi connectivity index (χ0) is 13.1. The van der Waals surface area contributed by atoms with Crippen LogP contribution in [0.5, 0.6) is 0 Å². The van der Waals surface area contributed by atoms with E-state index in [1.165, 1.54) is 4.90 Å². The van der Waals surface area contributed by atoms with Crippen molar-refractivity contribution in [3.63, 3.8) is 0 Å². The minimum Gasteiger partial charge on any atom is -0.374 e. The molecule has 6 heteroatoms. The predicted octanol–water partition coefficient (Wildman–Crippen LogP) is 3.65. The number of halogens is 4. The first-order chi connectivity index (χ1) is 7.83. The van der Waals surface area contributed by atoms with Crippen molar-refractivity contribution in [2.24, 2.45) is 0 Å². The smallest absolute Gasteiger partial charge is 0.374 e. The molecule has 0 amide bonds. The number of hydrogen-bond donors (Lipinski definition) is 0. The summed E-state index contributed by atoms with van der Waals surface area (Å²) in [5.74, 6) is 0. The Morgan fingerprint density at radius 3 is 2.53 bits per heavy atom. The summed E-state index contributed by atoms with van der Waals surface area (Å²) in [6.45, 7) is -0.115. The van der Waals surface area contributed by atoms with E-state index in [1.807, 2.05) is 0 Å². The van der Waals surface area contributed by atoms with Crippen LogP contribution in [0.25, 0.3) is 0 Å². The van der Waals surface area contributed by atoms with Gasteiger partial charge in [0.15, 0.2) is 6.29 Å². The molecule has 0 aromatic heterocycles. The molecule has 0 aliphatic heterocycles. The van der Waals surface area contributed by atoms with Gasteiger partial charge >= 0.3 is 6.18 Å². The first kappa shape index (κ1) is 14.0. The fourth-order valence-corrected chi connectivity index (χ4v) is 1.73. The molecule has 0 N–H and O–H groups in total. The molecule has 0 aliphatic rings. The molecule has 0 atom stereocenters. The van der Waals surface area contributed by atoms with Crippen molar-refractivity contribution in [2.75, 3.05) is 18.5 Å². The van der Waals surface area contributed by atoms with E-state index in [0.717, 1.165) is 0 Å². The second-order valence-electron chi connectivity index (χ2n) is 3.61. The molecular weight excluding hydrogens is 299 g/mol. The summed E-state index contributed by atoms with van der Waals surface area (Å²) in [7, 11) is 1.58. The van der Waals surface area contributed by atoms with Gasteiger partial charge in [-0.1, -0.05) is 0 Å². The van der Waals surface area contributed by atoms with Gasteiger partial charge in [-0.3, -0.25) is 4.79 Å². The number of aldehydes is 1. The van der Waals surface area contributed by atoms with Gasteiger partial charge in [0.1, 0.15) is 0 Å². The van der Waals surface area contributed by atoms with Crippen LogP contribution >= 0.6 is 15.9 Å². The molecule has 1 aromatic rings. The van der Waals surface area contributed by atoms with Gasteiger partial charge in [0, 0.05) is 29.3 Å². The summed E-state index contributed by atoms with van der Waals surface area (Å²) in [5, 5.41) is 0. The van der Waals surface area contributed by atoms with Gasteiger partial charge in [-0.05, 0) is 34.1 Å². The monoisotopic (exact) mass is 309 g/mol. The average Bonchev–Trinajstić information content (AvgIpc) is 2.24. The Bertz CT molecular complexity index is 406. The Morgan fingerprint density at radius 1 is 1.41 bits per heavy atom. The molecule has 1 aromatic carbocycles. The zero-order valence-electron chi connectivity index (χ0n) is 9.09. The Labute approximate surface area is 106 Å². The van der Waals surface area contributed by atoms with Crippen LogP contribution in [0.2, 0.25) is 0 Å². The third kappa shape index (κ3) is 4.38. The van der Waals surface area contributed by atoms with Crippen LogP contribution in [0, 0.1) is 0 Å². The van der Waals surface area contributed by atoms with Gasteiger partial charge in [0.25, 0.3) is 0 Å². The van der Waals surface area contributed by atoms with Crippen molar-refractivity contribution in [3.8, 4) is 0 Å². The number of benzene rings is 1. The fourth-order valence-electron chi connectivity index (χ4n) is 1.27. The van der Waals surface area contributed by atoms with Gasteiger partial charge in [-0.2, -0.15) is 13.2 Å². The average molecular weight is 310 g/mol. The van der Waals surface area contributed by atoms with E-state index in [-0.39, 0.29) is 6.54 Å². The molecule has 0 fully saturated rings. The van der Waals surface area contributed by atoms with E-state index in [1.54, 1.807) is 25.2 Å². The van der Waals surface area contributed by atoms with Crippen molar-refractivity contribution < 1.29 is 18.0 Å². The highest BCUT2D eigenvalue weighted by Crippen LogP contribution is 2.25. The third-order valence-corrected chi connectivity index (χ3v) is 2.97. The lowest BCUT2D eigenvalue weighted by molar-refractivity contribution is -0.132. The maximum absolute atomic E-state index is 12.0. The standard InChI is InChI=1S/C11H11BrF3NO/c1-16(5-4-11(13,14)15)9-3-2-8(7-17)10(12)6-9/h2-3,6-7H,4-5H2,1H3. The van der Waals surface area contributed by atoms with Crippen LogP contribution in [0.3, 0.4) is 0 Å². The normalized spacial score (nSPS) is 11.4. The van der Waals surface area contributed by atoms with Crippen molar-refractivity contribution in [1.29, 1.82) is 0 Å². The van der Waals surface area contributed by atoms with E-state index in [9.17, 15) is 18.0 Å².